The second-order valence-corrected chi connectivity index (χ2v) is 6.15. The molecule has 0 spiro atoms. The fraction of sp³-hybridized carbons (Fsp3) is 0.250. The van der Waals surface area contributed by atoms with Crippen molar-refractivity contribution in [1.29, 1.82) is 0 Å². The number of hydrogen-bond donors (Lipinski definition) is 3. The van der Waals surface area contributed by atoms with E-state index in [0.29, 0.717) is 5.76 Å². The van der Waals surface area contributed by atoms with E-state index >= 15 is 0 Å². The normalized spacial score (nSPS) is 13.4. The molecule has 0 saturated carbocycles. The minimum absolute atomic E-state index is 0.133. The van der Waals surface area contributed by atoms with Crippen LogP contribution in [0.5, 0.6) is 0 Å². The van der Waals surface area contributed by atoms with Crippen LogP contribution in [-0.4, -0.2) is 17.7 Å². The number of aryl methyl sites for hydroxylation is 1. The zero-order valence-electron chi connectivity index (χ0n) is 14.3. The molecular formula is C20H22N2O3. The Morgan fingerprint density at radius 1 is 1.12 bits per heavy atom. The molecule has 3 rings (SSSR count). The van der Waals surface area contributed by atoms with Gasteiger partial charge >= 0.3 is 6.03 Å². The van der Waals surface area contributed by atoms with E-state index in [0.717, 1.165) is 22.1 Å². The van der Waals surface area contributed by atoms with E-state index in [2.05, 4.69) is 10.6 Å². The average molecular weight is 338 g/mol. The molecule has 1 aromatic heterocycles. The molecule has 5 heteroatoms. The van der Waals surface area contributed by atoms with E-state index in [9.17, 15) is 9.90 Å². The minimum Gasteiger partial charge on any atom is -0.464 e. The van der Waals surface area contributed by atoms with Gasteiger partial charge in [0.05, 0.1) is 12.1 Å². The molecule has 0 bridgehead atoms. The number of fused-ring (bicyclic) bond motifs is 1. The zero-order chi connectivity index (χ0) is 17.8. The Morgan fingerprint density at radius 3 is 2.60 bits per heavy atom. The number of aliphatic hydroxyl groups is 1. The predicted molar refractivity (Wildman–Crippen MR) is 97.3 cm³/mol. The predicted octanol–water partition coefficient (Wildman–Crippen LogP) is 3.84. The lowest BCUT2D eigenvalue weighted by Gasteiger charge is -2.16. The minimum atomic E-state index is -0.767. The number of furan rings is 1. The number of carbonyl (C=O) groups is 1. The van der Waals surface area contributed by atoms with Gasteiger partial charge in [-0.05, 0) is 48.4 Å². The number of hydrogen-bond acceptors (Lipinski definition) is 3. The van der Waals surface area contributed by atoms with Crippen LogP contribution in [0, 0.1) is 6.92 Å². The molecule has 0 aliphatic carbocycles. The molecule has 5 nitrogen and oxygen atoms in total. The van der Waals surface area contributed by atoms with Crippen LogP contribution in [0.1, 0.15) is 36.2 Å². The molecule has 3 aromatic rings. The Kier molecular flexibility index (Phi) is 5.05. The topological polar surface area (TPSA) is 74.5 Å². The molecule has 0 aliphatic rings. The van der Waals surface area contributed by atoms with Crippen LogP contribution in [0.25, 0.3) is 10.8 Å². The molecule has 2 atom stereocenters. The quantitative estimate of drug-likeness (QED) is 0.662. The SMILES string of the molecule is Cc1ccc(C(C)NC(=O)NCC(O)c2ccc3ccccc3c2)o1. The Balaban J connectivity index is 1.55. The van der Waals surface area contributed by atoms with Gasteiger partial charge in [0, 0.05) is 6.54 Å². The van der Waals surface area contributed by atoms with Crippen LogP contribution < -0.4 is 10.6 Å². The first-order chi connectivity index (χ1) is 12.0. The van der Waals surface area contributed by atoms with Gasteiger partial charge in [-0.1, -0.05) is 36.4 Å². The van der Waals surface area contributed by atoms with E-state index in [1.54, 1.807) is 0 Å². The lowest BCUT2D eigenvalue weighted by atomic mass is 10.0. The average Bonchev–Trinajstić information content (AvgIpc) is 3.06. The molecule has 2 aromatic carbocycles. The molecule has 2 unspecified atom stereocenters. The second kappa shape index (κ2) is 7.40. The maximum atomic E-state index is 12.0. The Labute approximate surface area is 146 Å². The summed E-state index contributed by atoms with van der Waals surface area (Å²) in [4.78, 5) is 12.0. The van der Waals surface area contributed by atoms with E-state index in [1.165, 1.54) is 0 Å². The largest absolute Gasteiger partial charge is 0.464 e. The van der Waals surface area contributed by atoms with Crippen molar-refractivity contribution in [3.8, 4) is 0 Å². The van der Waals surface area contributed by atoms with Crippen molar-refractivity contribution in [3.05, 3.63) is 71.7 Å². The molecule has 0 aliphatic heterocycles. The third kappa shape index (κ3) is 4.19. The van der Waals surface area contributed by atoms with E-state index < -0.39 is 6.10 Å². The number of urea groups is 1. The van der Waals surface area contributed by atoms with E-state index in [1.807, 2.05) is 68.4 Å². The lowest BCUT2D eigenvalue weighted by Crippen LogP contribution is -2.39. The molecule has 0 radical (unpaired) electrons. The van der Waals surface area contributed by atoms with Gasteiger partial charge in [-0.25, -0.2) is 4.79 Å². The highest BCUT2D eigenvalue weighted by Gasteiger charge is 2.14. The fourth-order valence-electron chi connectivity index (χ4n) is 2.73. The van der Waals surface area contributed by atoms with Gasteiger partial charge in [0.15, 0.2) is 0 Å². The van der Waals surface area contributed by atoms with Gasteiger partial charge in [0.25, 0.3) is 0 Å². The summed E-state index contributed by atoms with van der Waals surface area (Å²) in [6.45, 7) is 3.84. The van der Waals surface area contributed by atoms with Gasteiger partial charge < -0.3 is 20.2 Å². The standard InChI is InChI=1S/C20H22N2O3/c1-13-7-10-19(25-13)14(2)22-20(24)21-12-18(23)17-9-8-15-5-3-4-6-16(15)11-17/h3-11,14,18,23H,12H2,1-2H3,(H2,21,22,24). The van der Waals surface area contributed by atoms with E-state index in [4.69, 9.17) is 4.42 Å². The van der Waals surface area contributed by atoms with Crippen LogP contribution in [0.2, 0.25) is 0 Å². The van der Waals surface area contributed by atoms with Crippen LogP contribution in [0.4, 0.5) is 4.79 Å². The molecule has 0 saturated heterocycles. The first kappa shape index (κ1) is 17.0. The zero-order valence-corrected chi connectivity index (χ0v) is 14.3. The van der Waals surface area contributed by atoms with Gasteiger partial charge in [-0.2, -0.15) is 0 Å². The number of rotatable bonds is 5. The maximum absolute atomic E-state index is 12.0. The first-order valence-electron chi connectivity index (χ1n) is 8.30. The fourth-order valence-corrected chi connectivity index (χ4v) is 2.73. The van der Waals surface area contributed by atoms with Crippen molar-refractivity contribution in [1.82, 2.24) is 10.6 Å². The van der Waals surface area contributed by atoms with Crippen LogP contribution in [0.3, 0.4) is 0 Å². The smallest absolute Gasteiger partial charge is 0.315 e. The van der Waals surface area contributed by atoms with Crippen molar-refractivity contribution in [2.24, 2.45) is 0 Å². The molecule has 130 valence electrons. The van der Waals surface area contributed by atoms with Crippen LogP contribution >= 0.6 is 0 Å². The van der Waals surface area contributed by atoms with Crippen LogP contribution in [0.15, 0.2) is 59.0 Å². The lowest BCUT2D eigenvalue weighted by molar-refractivity contribution is 0.172. The van der Waals surface area contributed by atoms with Gasteiger partial charge in [-0.15, -0.1) is 0 Å². The third-order valence-corrected chi connectivity index (χ3v) is 4.15. The Morgan fingerprint density at radius 2 is 1.88 bits per heavy atom. The highest BCUT2D eigenvalue weighted by molar-refractivity contribution is 5.83. The van der Waals surface area contributed by atoms with Crippen molar-refractivity contribution in [3.63, 3.8) is 0 Å². The number of amides is 2. The highest BCUT2D eigenvalue weighted by Crippen LogP contribution is 2.20. The summed E-state index contributed by atoms with van der Waals surface area (Å²) in [5.41, 5.74) is 0.772. The molecule has 3 N–H and O–H groups in total. The van der Waals surface area contributed by atoms with Crippen molar-refractivity contribution in [2.45, 2.75) is 26.0 Å². The molecular weight excluding hydrogens is 316 g/mol. The molecule has 2 amide bonds. The highest BCUT2D eigenvalue weighted by atomic mass is 16.3. The summed E-state index contributed by atoms with van der Waals surface area (Å²) in [5.74, 6) is 1.50. The molecule has 25 heavy (non-hydrogen) atoms. The number of aliphatic hydroxyl groups excluding tert-OH is 1. The molecule has 1 heterocycles. The second-order valence-electron chi connectivity index (χ2n) is 6.15. The summed E-state index contributed by atoms with van der Waals surface area (Å²) in [5, 5.41) is 18.0. The Hall–Kier alpha value is -2.79. The molecule has 0 fully saturated rings. The van der Waals surface area contributed by atoms with Gasteiger partial charge in [0.2, 0.25) is 0 Å². The number of benzene rings is 2. The van der Waals surface area contributed by atoms with Crippen molar-refractivity contribution < 1.29 is 14.3 Å². The van der Waals surface area contributed by atoms with E-state index in [-0.39, 0.29) is 18.6 Å². The summed E-state index contributed by atoms with van der Waals surface area (Å²) in [6.07, 6.45) is -0.767. The third-order valence-electron chi connectivity index (χ3n) is 4.15. The van der Waals surface area contributed by atoms with Gasteiger partial charge in [0.1, 0.15) is 11.5 Å². The monoisotopic (exact) mass is 338 g/mol. The van der Waals surface area contributed by atoms with Crippen molar-refractivity contribution in [2.75, 3.05) is 6.54 Å². The van der Waals surface area contributed by atoms with Crippen LogP contribution in [-0.2, 0) is 0 Å². The van der Waals surface area contributed by atoms with Gasteiger partial charge in [-0.3, -0.25) is 0 Å². The summed E-state index contributed by atoms with van der Waals surface area (Å²) in [7, 11) is 0. The van der Waals surface area contributed by atoms with Crippen molar-refractivity contribution >= 4 is 16.8 Å². The number of carbonyl (C=O) groups excluding carboxylic acids is 1. The summed E-state index contributed by atoms with van der Waals surface area (Å²) >= 11 is 0. The maximum Gasteiger partial charge on any atom is 0.315 e. The Bertz CT molecular complexity index is 872. The summed E-state index contributed by atoms with van der Waals surface area (Å²) in [6, 6.07) is 16.8. The number of nitrogens with one attached hydrogen (secondary N) is 2. The first-order valence-corrected chi connectivity index (χ1v) is 8.30. The summed E-state index contributed by atoms with van der Waals surface area (Å²) < 4.78 is 5.49.